The minimum absolute atomic E-state index is 0.182. The number of hydrogen-bond donors (Lipinski definition) is 1. The largest absolute Gasteiger partial charge is 0.465 e. The van der Waals surface area contributed by atoms with Gasteiger partial charge in [-0.15, -0.1) is 0 Å². The summed E-state index contributed by atoms with van der Waals surface area (Å²) in [6.45, 7) is 11.9. The summed E-state index contributed by atoms with van der Waals surface area (Å²) in [5.41, 5.74) is -0.323. The fourth-order valence-corrected chi connectivity index (χ4v) is 5.23. The Morgan fingerprint density at radius 1 is 1.12 bits per heavy atom. The van der Waals surface area contributed by atoms with E-state index in [-0.39, 0.29) is 11.6 Å². The first-order chi connectivity index (χ1) is 12.3. The maximum absolute atomic E-state index is 12.0. The summed E-state index contributed by atoms with van der Waals surface area (Å²) in [4.78, 5) is 16.4. The highest BCUT2D eigenvalue weighted by atomic mass is 16.4. The number of nitrogens with zero attached hydrogens (tertiary/aromatic N) is 2. The summed E-state index contributed by atoms with van der Waals surface area (Å²) in [6, 6.07) is 0.182. The van der Waals surface area contributed by atoms with Gasteiger partial charge in [-0.2, -0.15) is 0 Å². The summed E-state index contributed by atoms with van der Waals surface area (Å²) in [6.07, 6.45) is 12.0. The van der Waals surface area contributed by atoms with E-state index in [1.54, 1.807) is 4.90 Å². The van der Waals surface area contributed by atoms with Crippen molar-refractivity contribution in [1.82, 2.24) is 9.80 Å². The van der Waals surface area contributed by atoms with Crippen LogP contribution in [0.15, 0.2) is 0 Å². The highest BCUT2D eigenvalue weighted by Gasteiger charge is 2.39. The molecule has 0 aromatic heterocycles. The molecule has 2 aliphatic rings. The van der Waals surface area contributed by atoms with Crippen molar-refractivity contribution in [3.63, 3.8) is 0 Å². The van der Waals surface area contributed by atoms with Crippen LogP contribution in [0.4, 0.5) is 4.79 Å². The molecular formula is C22H42N2O2. The van der Waals surface area contributed by atoms with Crippen molar-refractivity contribution < 1.29 is 9.90 Å². The average molecular weight is 367 g/mol. The number of amides is 1. The number of hydrogen-bond acceptors (Lipinski definition) is 2. The van der Waals surface area contributed by atoms with Gasteiger partial charge in [0.25, 0.3) is 0 Å². The first kappa shape index (κ1) is 21.5. The molecule has 0 bridgehead atoms. The van der Waals surface area contributed by atoms with Crippen LogP contribution in [-0.2, 0) is 0 Å². The molecule has 0 spiro atoms. The van der Waals surface area contributed by atoms with Crippen LogP contribution in [0.25, 0.3) is 0 Å². The van der Waals surface area contributed by atoms with Crippen LogP contribution in [0.3, 0.4) is 0 Å². The zero-order chi connectivity index (χ0) is 19.2. The lowest BCUT2D eigenvalue weighted by molar-refractivity contribution is 0.0173. The highest BCUT2D eigenvalue weighted by Crippen LogP contribution is 2.34. The highest BCUT2D eigenvalue weighted by molar-refractivity contribution is 5.66. The summed E-state index contributed by atoms with van der Waals surface area (Å²) < 4.78 is 0. The molecule has 1 amide bonds. The fourth-order valence-electron chi connectivity index (χ4n) is 5.23. The molecule has 3 atom stereocenters. The molecule has 1 saturated heterocycles. The lowest BCUT2D eigenvalue weighted by Crippen LogP contribution is -2.56. The van der Waals surface area contributed by atoms with Gasteiger partial charge in [0.15, 0.2) is 0 Å². The van der Waals surface area contributed by atoms with Crippen molar-refractivity contribution in [3.8, 4) is 0 Å². The maximum atomic E-state index is 12.0. The van der Waals surface area contributed by atoms with E-state index >= 15 is 0 Å². The van der Waals surface area contributed by atoms with E-state index in [0.717, 1.165) is 18.9 Å². The average Bonchev–Trinajstić information content (AvgIpc) is 2.56. The molecule has 1 unspecified atom stereocenters. The van der Waals surface area contributed by atoms with Crippen LogP contribution in [0.2, 0.25) is 0 Å². The predicted octanol–water partition coefficient (Wildman–Crippen LogP) is 5.62. The number of carboxylic acid groups (broad SMARTS) is 1. The minimum Gasteiger partial charge on any atom is -0.465 e. The molecule has 0 aromatic rings. The Kier molecular flexibility index (Phi) is 8.25. The molecule has 1 N–H and O–H groups in total. The molecule has 26 heavy (non-hydrogen) atoms. The van der Waals surface area contributed by atoms with Gasteiger partial charge in [-0.1, -0.05) is 39.0 Å². The lowest BCUT2D eigenvalue weighted by Gasteiger charge is -2.47. The van der Waals surface area contributed by atoms with E-state index in [2.05, 4.69) is 11.8 Å². The van der Waals surface area contributed by atoms with Gasteiger partial charge < -0.3 is 14.9 Å². The van der Waals surface area contributed by atoms with Crippen LogP contribution >= 0.6 is 0 Å². The first-order valence-corrected chi connectivity index (χ1v) is 11.1. The van der Waals surface area contributed by atoms with Gasteiger partial charge >= 0.3 is 6.09 Å². The van der Waals surface area contributed by atoms with E-state index in [1.165, 1.54) is 70.9 Å². The van der Waals surface area contributed by atoms with Gasteiger partial charge in [-0.25, -0.2) is 4.79 Å². The second-order valence-electron chi connectivity index (χ2n) is 9.70. The predicted molar refractivity (Wildman–Crippen MR) is 109 cm³/mol. The van der Waals surface area contributed by atoms with Crippen molar-refractivity contribution in [3.05, 3.63) is 0 Å². The molecule has 2 rings (SSSR count). The van der Waals surface area contributed by atoms with E-state index in [4.69, 9.17) is 0 Å². The molecular weight excluding hydrogens is 324 g/mol. The molecule has 152 valence electrons. The zero-order valence-electron chi connectivity index (χ0n) is 17.7. The summed E-state index contributed by atoms with van der Waals surface area (Å²) in [5.74, 6) is 1.35. The van der Waals surface area contributed by atoms with Crippen LogP contribution in [0, 0.1) is 11.8 Å². The van der Waals surface area contributed by atoms with Gasteiger partial charge in [0.1, 0.15) is 0 Å². The number of rotatable bonds is 7. The van der Waals surface area contributed by atoms with Gasteiger partial charge in [-0.3, -0.25) is 0 Å². The molecule has 0 aromatic carbocycles. The third-order valence-corrected chi connectivity index (χ3v) is 6.44. The Morgan fingerprint density at radius 2 is 1.85 bits per heavy atom. The van der Waals surface area contributed by atoms with E-state index < -0.39 is 6.09 Å². The van der Waals surface area contributed by atoms with E-state index in [9.17, 15) is 9.90 Å². The fraction of sp³-hybridized carbons (Fsp3) is 0.955. The van der Waals surface area contributed by atoms with Gasteiger partial charge in [0, 0.05) is 24.7 Å². The third-order valence-electron chi connectivity index (χ3n) is 6.44. The Bertz CT molecular complexity index is 432. The normalized spacial score (nSPS) is 28.1. The number of likely N-dealkylation sites (tertiary alicyclic amines) is 1. The number of piperidine rings is 1. The van der Waals surface area contributed by atoms with Gasteiger partial charge in [-0.05, 0) is 71.3 Å². The van der Waals surface area contributed by atoms with Gasteiger partial charge in [0.2, 0.25) is 0 Å². The molecule has 4 nitrogen and oxygen atoms in total. The van der Waals surface area contributed by atoms with Crippen LogP contribution < -0.4 is 0 Å². The second-order valence-corrected chi connectivity index (χ2v) is 9.70. The van der Waals surface area contributed by atoms with Crippen molar-refractivity contribution in [2.24, 2.45) is 11.8 Å². The quantitative estimate of drug-likeness (QED) is 0.595. The van der Waals surface area contributed by atoms with Crippen LogP contribution in [-0.4, -0.2) is 52.2 Å². The Labute approximate surface area is 161 Å². The summed E-state index contributed by atoms with van der Waals surface area (Å²) in [5, 5.41) is 9.86. The zero-order valence-corrected chi connectivity index (χ0v) is 17.7. The summed E-state index contributed by atoms with van der Waals surface area (Å²) in [7, 11) is 0. The van der Waals surface area contributed by atoms with Crippen LogP contribution in [0.5, 0.6) is 0 Å². The smallest absolute Gasteiger partial charge is 0.407 e. The van der Waals surface area contributed by atoms with Crippen molar-refractivity contribution in [1.29, 1.82) is 0 Å². The molecule has 0 radical (unpaired) electrons. The molecule has 1 saturated carbocycles. The molecule has 1 heterocycles. The molecule has 1 aliphatic carbocycles. The SMILES string of the molecule is CCCCCC1CCCN(C[C@@H]2CCCC[C@H]2N(C(=O)O)C(C)(C)C)C1. The first-order valence-electron chi connectivity index (χ1n) is 11.1. The standard InChI is InChI=1S/C22H42N2O2/c1-5-6-7-11-18-12-10-15-23(16-18)17-19-13-8-9-14-20(19)24(21(25)26)22(2,3)4/h18-20H,5-17H2,1-4H3,(H,25,26)/t18?,19-,20+/m0/s1. The van der Waals surface area contributed by atoms with Crippen LogP contribution in [0.1, 0.15) is 91.9 Å². The van der Waals surface area contributed by atoms with Crippen molar-refractivity contribution in [2.45, 2.75) is 103 Å². The molecule has 1 aliphatic heterocycles. The topological polar surface area (TPSA) is 43.8 Å². The van der Waals surface area contributed by atoms with E-state index in [1.807, 2.05) is 20.8 Å². The van der Waals surface area contributed by atoms with Crippen molar-refractivity contribution in [2.75, 3.05) is 19.6 Å². The Hall–Kier alpha value is -0.770. The minimum atomic E-state index is -0.745. The molecule has 4 heteroatoms. The van der Waals surface area contributed by atoms with E-state index in [0.29, 0.717) is 5.92 Å². The summed E-state index contributed by atoms with van der Waals surface area (Å²) >= 11 is 0. The Morgan fingerprint density at radius 3 is 2.50 bits per heavy atom. The molecule has 2 fully saturated rings. The number of carbonyl (C=O) groups is 1. The second kappa shape index (κ2) is 9.96. The third kappa shape index (κ3) is 6.14. The Balaban J connectivity index is 1.97. The lowest BCUT2D eigenvalue weighted by atomic mass is 9.81. The maximum Gasteiger partial charge on any atom is 0.407 e. The monoisotopic (exact) mass is 366 g/mol. The van der Waals surface area contributed by atoms with Gasteiger partial charge in [0.05, 0.1) is 0 Å². The van der Waals surface area contributed by atoms with Crippen molar-refractivity contribution >= 4 is 6.09 Å². The number of unbranched alkanes of at least 4 members (excludes halogenated alkanes) is 2.